The lowest BCUT2D eigenvalue weighted by Gasteiger charge is -1.98. The van der Waals surface area contributed by atoms with Gasteiger partial charge in [0.2, 0.25) is 5.65 Å². The number of nitro groups is 1. The highest BCUT2D eigenvalue weighted by Crippen LogP contribution is 2.14. The number of aromatic nitrogens is 5. The van der Waals surface area contributed by atoms with Gasteiger partial charge in [0.1, 0.15) is 12.5 Å². The monoisotopic (exact) mass is 230 g/mol. The number of rotatable bonds is 2. The first kappa shape index (κ1) is 9.46. The van der Waals surface area contributed by atoms with Gasteiger partial charge in [0.05, 0.1) is 0 Å². The highest BCUT2D eigenvalue weighted by Gasteiger charge is 2.16. The third kappa shape index (κ3) is 1.42. The van der Waals surface area contributed by atoms with Crippen LogP contribution in [0.2, 0.25) is 0 Å². The number of hydrogen-bond donors (Lipinski definition) is 0. The van der Waals surface area contributed by atoms with Gasteiger partial charge in [-0.05, 0) is 11.0 Å². The molecule has 3 aromatic rings. The maximum absolute atomic E-state index is 10.8. The van der Waals surface area contributed by atoms with Crippen LogP contribution in [0.5, 0.6) is 0 Å². The molecule has 0 bridgehead atoms. The Bertz CT molecular complexity index is 687. The number of fused-ring (bicyclic) bond motifs is 1. The smallest absolute Gasteiger partial charge is 0.358 e. The predicted molar refractivity (Wildman–Crippen MR) is 56.8 cm³/mol. The molecular weight excluding hydrogens is 224 g/mol. The SMILES string of the molecule is O=[N+]([O-])c1cnc2ccc(-n3ccnc3)nn12. The van der Waals surface area contributed by atoms with Gasteiger partial charge in [0.15, 0.2) is 5.82 Å². The van der Waals surface area contributed by atoms with Crippen LogP contribution < -0.4 is 0 Å². The van der Waals surface area contributed by atoms with Gasteiger partial charge in [0, 0.05) is 18.5 Å². The minimum atomic E-state index is -0.523. The molecule has 17 heavy (non-hydrogen) atoms. The Kier molecular flexibility index (Phi) is 1.87. The maximum Gasteiger partial charge on any atom is 0.368 e. The van der Waals surface area contributed by atoms with E-state index in [4.69, 9.17) is 0 Å². The fraction of sp³-hybridized carbons (Fsp3) is 0. The highest BCUT2D eigenvalue weighted by molar-refractivity contribution is 5.45. The topological polar surface area (TPSA) is 91.1 Å². The van der Waals surface area contributed by atoms with Crippen molar-refractivity contribution in [2.75, 3.05) is 0 Å². The molecule has 3 heterocycles. The fourth-order valence-corrected chi connectivity index (χ4v) is 1.51. The normalized spacial score (nSPS) is 10.8. The molecule has 0 aliphatic carbocycles. The van der Waals surface area contributed by atoms with Crippen molar-refractivity contribution in [2.24, 2.45) is 0 Å². The van der Waals surface area contributed by atoms with Gasteiger partial charge in [-0.15, -0.1) is 0 Å². The van der Waals surface area contributed by atoms with Crippen LogP contribution in [0, 0.1) is 10.1 Å². The van der Waals surface area contributed by atoms with Crippen LogP contribution in [0.25, 0.3) is 11.5 Å². The maximum atomic E-state index is 10.8. The van der Waals surface area contributed by atoms with E-state index in [2.05, 4.69) is 15.1 Å². The second-order valence-electron chi connectivity index (χ2n) is 3.30. The zero-order chi connectivity index (χ0) is 11.8. The predicted octanol–water partition coefficient (Wildman–Crippen LogP) is 0.823. The standard InChI is InChI=1S/C9H6N6O2/c16-15(17)9-5-11-7-1-2-8(12-14(7)9)13-4-3-10-6-13/h1-6H. The van der Waals surface area contributed by atoms with E-state index in [1.165, 1.54) is 10.7 Å². The lowest BCUT2D eigenvalue weighted by Crippen LogP contribution is -2.02. The summed E-state index contributed by atoms with van der Waals surface area (Å²) >= 11 is 0. The summed E-state index contributed by atoms with van der Waals surface area (Å²) in [6, 6.07) is 3.38. The van der Waals surface area contributed by atoms with E-state index in [0.29, 0.717) is 11.5 Å². The van der Waals surface area contributed by atoms with Crippen molar-refractivity contribution in [3.05, 3.63) is 47.2 Å². The van der Waals surface area contributed by atoms with Crippen molar-refractivity contribution in [3.63, 3.8) is 0 Å². The van der Waals surface area contributed by atoms with E-state index in [1.807, 2.05) is 0 Å². The molecule has 3 aromatic heterocycles. The Labute approximate surface area is 94.3 Å². The molecule has 8 nitrogen and oxygen atoms in total. The molecule has 0 saturated heterocycles. The summed E-state index contributed by atoms with van der Waals surface area (Å²) in [4.78, 5) is 18.0. The van der Waals surface area contributed by atoms with Gasteiger partial charge in [-0.3, -0.25) is 4.57 Å². The van der Waals surface area contributed by atoms with Gasteiger partial charge in [-0.1, -0.05) is 9.61 Å². The quantitative estimate of drug-likeness (QED) is 0.480. The molecule has 0 unspecified atom stereocenters. The molecule has 0 spiro atoms. The van der Waals surface area contributed by atoms with Crippen molar-refractivity contribution in [1.29, 1.82) is 0 Å². The first-order chi connectivity index (χ1) is 8.25. The van der Waals surface area contributed by atoms with Crippen molar-refractivity contribution < 1.29 is 4.92 Å². The Morgan fingerprint density at radius 2 is 2.24 bits per heavy atom. The van der Waals surface area contributed by atoms with E-state index in [1.54, 1.807) is 35.4 Å². The second kappa shape index (κ2) is 3.37. The van der Waals surface area contributed by atoms with Gasteiger partial charge >= 0.3 is 5.82 Å². The minimum absolute atomic E-state index is 0.165. The molecule has 0 amide bonds. The largest absolute Gasteiger partial charge is 0.368 e. The molecule has 84 valence electrons. The van der Waals surface area contributed by atoms with E-state index < -0.39 is 4.92 Å². The molecule has 3 rings (SSSR count). The Morgan fingerprint density at radius 3 is 2.94 bits per heavy atom. The zero-order valence-electron chi connectivity index (χ0n) is 8.46. The first-order valence-corrected chi connectivity index (χ1v) is 4.73. The summed E-state index contributed by atoms with van der Waals surface area (Å²) in [5.74, 6) is 0.373. The number of imidazole rings is 2. The summed E-state index contributed by atoms with van der Waals surface area (Å²) in [5, 5.41) is 14.9. The molecule has 0 atom stereocenters. The third-order valence-corrected chi connectivity index (χ3v) is 2.29. The molecular formula is C9H6N6O2. The van der Waals surface area contributed by atoms with Gasteiger partial charge in [-0.2, -0.15) is 0 Å². The summed E-state index contributed by atoms with van der Waals surface area (Å²) < 4.78 is 2.85. The van der Waals surface area contributed by atoms with Crippen molar-refractivity contribution in [3.8, 4) is 5.82 Å². The van der Waals surface area contributed by atoms with Crippen LogP contribution in [-0.2, 0) is 0 Å². The molecule has 0 radical (unpaired) electrons. The van der Waals surface area contributed by atoms with Gasteiger partial charge < -0.3 is 10.1 Å². The van der Waals surface area contributed by atoms with E-state index in [-0.39, 0.29) is 5.82 Å². The van der Waals surface area contributed by atoms with E-state index in [0.717, 1.165) is 0 Å². The zero-order valence-corrected chi connectivity index (χ0v) is 8.46. The van der Waals surface area contributed by atoms with Gasteiger partial charge in [0.25, 0.3) is 0 Å². The van der Waals surface area contributed by atoms with Crippen LogP contribution in [0.15, 0.2) is 37.1 Å². The van der Waals surface area contributed by atoms with E-state index >= 15 is 0 Å². The van der Waals surface area contributed by atoms with Crippen LogP contribution in [0.3, 0.4) is 0 Å². The van der Waals surface area contributed by atoms with Crippen molar-refractivity contribution in [1.82, 2.24) is 24.1 Å². The molecule has 0 aliphatic heterocycles. The summed E-state index contributed by atoms with van der Waals surface area (Å²) in [6.45, 7) is 0. The van der Waals surface area contributed by atoms with Crippen molar-refractivity contribution in [2.45, 2.75) is 0 Å². The summed E-state index contributed by atoms with van der Waals surface area (Å²) in [5.41, 5.74) is 0.431. The summed E-state index contributed by atoms with van der Waals surface area (Å²) in [6.07, 6.45) is 6.06. The molecule has 8 heteroatoms. The van der Waals surface area contributed by atoms with Crippen LogP contribution in [-0.4, -0.2) is 29.1 Å². The molecule has 0 aromatic carbocycles. The summed E-state index contributed by atoms with van der Waals surface area (Å²) in [7, 11) is 0. The third-order valence-electron chi connectivity index (χ3n) is 2.29. The first-order valence-electron chi connectivity index (χ1n) is 4.73. The van der Waals surface area contributed by atoms with Crippen molar-refractivity contribution >= 4 is 11.5 Å². The highest BCUT2D eigenvalue weighted by atomic mass is 16.6. The molecule has 0 aliphatic rings. The van der Waals surface area contributed by atoms with Crippen LogP contribution >= 0.6 is 0 Å². The Morgan fingerprint density at radius 1 is 1.35 bits per heavy atom. The van der Waals surface area contributed by atoms with Crippen LogP contribution in [0.1, 0.15) is 0 Å². The van der Waals surface area contributed by atoms with Gasteiger partial charge in [-0.25, -0.2) is 9.97 Å². The Balaban J connectivity index is 2.24. The Hall–Kier alpha value is -2.77. The average Bonchev–Trinajstić information content (AvgIpc) is 2.97. The fourth-order valence-electron chi connectivity index (χ4n) is 1.51. The van der Waals surface area contributed by atoms with Crippen LogP contribution in [0.4, 0.5) is 5.82 Å². The molecule has 0 fully saturated rings. The molecule has 0 saturated carbocycles. The minimum Gasteiger partial charge on any atom is -0.358 e. The number of nitrogens with zero attached hydrogens (tertiary/aromatic N) is 6. The average molecular weight is 230 g/mol. The van der Waals surface area contributed by atoms with E-state index in [9.17, 15) is 10.1 Å². The second-order valence-corrected chi connectivity index (χ2v) is 3.30. The molecule has 0 N–H and O–H groups in total. The lowest BCUT2D eigenvalue weighted by atomic mass is 10.5. The number of hydrogen-bond acceptors (Lipinski definition) is 5. The lowest BCUT2D eigenvalue weighted by molar-refractivity contribution is -0.391.